The Labute approximate surface area is 289 Å². The van der Waals surface area contributed by atoms with E-state index in [-0.39, 0.29) is 29.0 Å². The lowest BCUT2D eigenvalue weighted by atomic mass is 9.87. The van der Waals surface area contributed by atoms with Gasteiger partial charge in [0.25, 0.3) is 12.3 Å². The number of hydrogen-bond donors (Lipinski definition) is 4. The number of carbonyl (C=O) groups is 1. The zero-order chi connectivity index (χ0) is 34.7. The van der Waals surface area contributed by atoms with E-state index in [1.165, 1.54) is 23.6 Å². The highest BCUT2D eigenvalue weighted by molar-refractivity contribution is 7.13. The van der Waals surface area contributed by atoms with Gasteiger partial charge in [-0.3, -0.25) is 20.4 Å². The summed E-state index contributed by atoms with van der Waals surface area (Å²) in [5.41, 5.74) is 3.53. The predicted octanol–water partition coefficient (Wildman–Crippen LogP) is 5.97. The smallest absolute Gasteiger partial charge is 0.264 e. The molecule has 3 aliphatic rings. The van der Waals surface area contributed by atoms with Crippen LogP contribution in [-0.4, -0.2) is 62.3 Å². The maximum Gasteiger partial charge on any atom is 0.264 e. The second-order valence-corrected chi connectivity index (χ2v) is 14.3. The van der Waals surface area contributed by atoms with Crippen LogP contribution < -0.4 is 10.6 Å². The molecule has 1 atom stereocenters. The number of amides is 1. The van der Waals surface area contributed by atoms with E-state index in [0.717, 1.165) is 62.1 Å². The lowest BCUT2D eigenvalue weighted by Crippen LogP contribution is -2.34. The Kier molecular flexibility index (Phi) is 10.2. The minimum atomic E-state index is -2.87. The van der Waals surface area contributed by atoms with Gasteiger partial charge in [-0.1, -0.05) is 24.0 Å². The first-order chi connectivity index (χ1) is 23.5. The van der Waals surface area contributed by atoms with E-state index < -0.39 is 18.4 Å². The highest BCUT2D eigenvalue weighted by atomic mass is 32.1. The topological polar surface area (TPSA) is 119 Å². The van der Waals surface area contributed by atoms with Crippen LogP contribution in [0.15, 0.2) is 76.7 Å². The van der Waals surface area contributed by atoms with Gasteiger partial charge in [0, 0.05) is 64.4 Å². The molecule has 1 unspecified atom stereocenters. The Bertz CT molecular complexity index is 1860. The summed E-state index contributed by atoms with van der Waals surface area (Å²) in [6.45, 7) is 8.90. The molecule has 3 aromatic rings. The first-order valence-electron chi connectivity index (χ1n) is 16.5. The number of thiazole rings is 1. The number of nitrogens with one attached hydrogen (secondary N) is 3. The summed E-state index contributed by atoms with van der Waals surface area (Å²) in [6.07, 6.45) is 6.69. The number of alkyl halides is 2. The van der Waals surface area contributed by atoms with Crippen molar-refractivity contribution in [3.05, 3.63) is 99.3 Å². The molecule has 4 N–H and O–H groups in total. The Morgan fingerprint density at radius 1 is 1.20 bits per heavy atom. The zero-order valence-electron chi connectivity index (χ0n) is 27.9. The largest absolute Gasteiger partial charge is 0.396 e. The fourth-order valence-electron chi connectivity index (χ4n) is 6.56. The molecule has 2 aromatic heterocycles. The SMILES string of the molecule is CC1=C(C#Cc2ccc(CN3CCC(CO)CC3)cc2)C=C(C(F)F)/C(=C/NC(C(=O)Nc2nccs2)c2ncn3c2CCC3(C)C)C1=N. The number of benzene rings is 1. The van der Waals surface area contributed by atoms with Crippen LogP contribution in [0.2, 0.25) is 0 Å². The Morgan fingerprint density at radius 2 is 1.96 bits per heavy atom. The number of imidazole rings is 1. The fraction of sp³-hybridized carbons (Fsp3) is 0.405. The van der Waals surface area contributed by atoms with E-state index in [1.807, 2.05) is 24.3 Å². The normalized spacial score (nSPS) is 19.4. The fourth-order valence-corrected chi connectivity index (χ4v) is 7.09. The van der Waals surface area contributed by atoms with Crippen LogP contribution in [0.5, 0.6) is 0 Å². The standard InChI is InChI=1S/C37H41F2N7O2S/c1-23-27(9-8-24-4-6-25(7-5-24)20-45-15-11-26(21-47)12-16-45)18-28(34(38)39)29(31(23)40)19-42-33(35(48)44-36-41-14-17-49-36)32-30-10-13-37(2,3)46(30)22-43-32/h4-7,14,17-19,22,26,33-34,40,42,47H,10-13,15-16,20-21H2,1-3H3,(H,41,44,48)/b29-19-,40-31?. The number of anilines is 1. The number of allylic oxidation sites excluding steroid dienone is 5. The first kappa shape index (κ1) is 34.4. The molecule has 1 aliphatic carbocycles. The number of carbonyl (C=O) groups excluding carboxylic acids is 1. The maximum absolute atomic E-state index is 14.5. The summed E-state index contributed by atoms with van der Waals surface area (Å²) in [5.74, 6) is 6.06. The van der Waals surface area contributed by atoms with Crippen LogP contribution in [0, 0.1) is 23.2 Å². The van der Waals surface area contributed by atoms with Crippen molar-refractivity contribution in [3.8, 4) is 11.8 Å². The van der Waals surface area contributed by atoms with E-state index in [4.69, 9.17) is 5.41 Å². The highest BCUT2D eigenvalue weighted by Crippen LogP contribution is 2.36. The van der Waals surface area contributed by atoms with Crippen molar-refractivity contribution in [3.63, 3.8) is 0 Å². The third kappa shape index (κ3) is 7.59. The van der Waals surface area contributed by atoms with Gasteiger partial charge >= 0.3 is 0 Å². The Morgan fingerprint density at radius 3 is 2.63 bits per heavy atom. The van der Waals surface area contributed by atoms with Gasteiger partial charge in [-0.25, -0.2) is 18.7 Å². The van der Waals surface area contributed by atoms with Crippen LogP contribution in [0.4, 0.5) is 13.9 Å². The molecule has 0 spiro atoms. The van der Waals surface area contributed by atoms with Crippen LogP contribution in [-0.2, 0) is 23.3 Å². The molecule has 4 heterocycles. The summed E-state index contributed by atoms with van der Waals surface area (Å²) >= 11 is 1.27. The number of nitrogens with zero attached hydrogens (tertiary/aromatic N) is 4. The number of fused-ring (bicyclic) bond motifs is 1. The molecule has 1 amide bonds. The molecule has 0 radical (unpaired) electrons. The number of aromatic nitrogens is 3. The highest BCUT2D eigenvalue weighted by Gasteiger charge is 2.36. The number of halogens is 2. The number of piperidine rings is 1. The predicted molar refractivity (Wildman–Crippen MR) is 187 cm³/mol. The Hall–Kier alpha value is -4.44. The number of likely N-dealkylation sites (tertiary alicyclic amines) is 1. The molecular weight excluding hydrogens is 645 g/mol. The van der Waals surface area contributed by atoms with E-state index in [9.17, 15) is 18.7 Å². The van der Waals surface area contributed by atoms with Crippen molar-refractivity contribution in [2.75, 3.05) is 25.0 Å². The average Bonchev–Trinajstić information content (AvgIpc) is 3.83. The molecule has 9 nitrogen and oxygen atoms in total. The monoisotopic (exact) mass is 685 g/mol. The van der Waals surface area contributed by atoms with Crippen molar-refractivity contribution >= 4 is 28.1 Å². The lowest BCUT2D eigenvalue weighted by molar-refractivity contribution is -0.118. The third-order valence-electron chi connectivity index (χ3n) is 9.68. The summed E-state index contributed by atoms with van der Waals surface area (Å²) in [4.78, 5) is 24.7. The van der Waals surface area contributed by atoms with Gasteiger partial charge in [0.2, 0.25) is 0 Å². The van der Waals surface area contributed by atoms with Gasteiger partial charge in [-0.2, -0.15) is 0 Å². The van der Waals surface area contributed by atoms with Gasteiger partial charge < -0.3 is 15.0 Å². The van der Waals surface area contributed by atoms with Crippen molar-refractivity contribution in [1.82, 2.24) is 24.8 Å². The molecule has 0 saturated carbocycles. The molecule has 0 bridgehead atoms. The van der Waals surface area contributed by atoms with Gasteiger partial charge in [0.05, 0.1) is 17.7 Å². The van der Waals surface area contributed by atoms with Crippen LogP contribution >= 0.6 is 11.3 Å². The molecule has 12 heteroatoms. The van der Waals surface area contributed by atoms with Gasteiger partial charge in [-0.05, 0) is 94.8 Å². The molecule has 49 heavy (non-hydrogen) atoms. The number of aliphatic hydroxyl groups is 1. The average molecular weight is 686 g/mol. The van der Waals surface area contributed by atoms with E-state index in [2.05, 4.69) is 55.8 Å². The van der Waals surface area contributed by atoms with E-state index in [0.29, 0.717) is 27.9 Å². The number of rotatable bonds is 9. The van der Waals surface area contributed by atoms with Crippen LogP contribution in [0.1, 0.15) is 68.6 Å². The van der Waals surface area contributed by atoms with Crippen molar-refractivity contribution < 1.29 is 18.7 Å². The van der Waals surface area contributed by atoms with Gasteiger partial charge in [-0.15, -0.1) is 11.3 Å². The summed E-state index contributed by atoms with van der Waals surface area (Å²) < 4.78 is 31.1. The van der Waals surface area contributed by atoms with Gasteiger partial charge in [0.15, 0.2) is 11.2 Å². The summed E-state index contributed by atoms with van der Waals surface area (Å²) in [5, 5.41) is 26.3. The second kappa shape index (κ2) is 14.6. The van der Waals surface area contributed by atoms with Crippen LogP contribution in [0.3, 0.4) is 0 Å². The third-order valence-corrected chi connectivity index (χ3v) is 10.4. The molecule has 6 rings (SSSR count). The molecular formula is C37H41F2N7O2S. The number of hydrogen-bond acceptors (Lipinski definition) is 8. The maximum atomic E-state index is 14.5. The summed E-state index contributed by atoms with van der Waals surface area (Å²) in [6, 6.07) is 6.89. The van der Waals surface area contributed by atoms with Crippen molar-refractivity contribution in [2.45, 2.75) is 71.0 Å². The lowest BCUT2D eigenvalue weighted by Gasteiger charge is -2.31. The zero-order valence-corrected chi connectivity index (χ0v) is 28.7. The molecule has 256 valence electrons. The number of aliphatic hydroxyl groups excluding tert-OH is 1. The molecule has 2 aliphatic heterocycles. The van der Waals surface area contributed by atoms with Crippen molar-refractivity contribution in [1.29, 1.82) is 5.41 Å². The minimum absolute atomic E-state index is 0.00587. The Balaban J connectivity index is 1.21. The van der Waals surface area contributed by atoms with E-state index >= 15 is 0 Å². The van der Waals surface area contributed by atoms with E-state index in [1.54, 1.807) is 24.8 Å². The first-order valence-corrected chi connectivity index (χ1v) is 17.4. The van der Waals surface area contributed by atoms with Crippen molar-refractivity contribution in [2.24, 2.45) is 5.92 Å². The summed E-state index contributed by atoms with van der Waals surface area (Å²) in [7, 11) is 0. The molecule has 1 saturated heterocycles. The minimum Gasteiger partial charge on any atom is -0.396 e. The quantitative estimate of drug-likeness (QED) is 0.206. The molecule has 1 fully saturated rings. The van der Waals surface area contributed by atoms with Gasteiger partial charge in [0.1, 0.15) is 0 Å². The molecule has 1 aromatic carbocycles. The second-order valence-electron chi connectivity index (χ2n) is 13.4. The van der Waals surface area contributed by atoms with Crippen LogP contribution in [0.25, 0.3) is 0 Å².